The van der Waals surface area contributed by atoms with Crippen LogP contribution in [0.1, 0.15) is 55.8 Å². The van der Waals surface area contributed by atoms with Gasteiger partial charge in [-0.15, -0.1) is 11.8 Å². The van der Waals surface area contributed by atoms with Crippen molar-refractivity contribution in [3.63, 3.8) is 0 Å². The maximum Gasteiger partial charge on any atom is 0.316 e. The molecule has 2 aliphatic rings. The van der Waals surface area contributed by atoms with E-state index < -0.39 is 11.2 Å². The minimum absolute atomic E-state index is 0.0161. The zero-order valence-electron chi connectivity index (χ0n) is 15.3. The Morgan fingerprint density at radius 3 is 2.58 bits per heavy atom. The van der Waals surface area contributed by atoms with Gasteiger partial charge in [0.2, 0.25) is 0 Å². The number of carbonyl (C=O) groups is 2. The number of nitrogens with zero attached hydrogens (tertiary/aromatic N) is 1. The van der Waals surface area contributed by atoms with Gasteiger partial charge in [-0.2, -0.15) is 0 Å². The standard InChI is InChI=1S/C20H27NO4S/c1-15(19(23)24)26-17-9-5-4-8-16(17)18(22)21-12-13-25-20(14-21)10-6-2-3-7-11-20/h4-5,8-9,15H,2-3,6-7,10-14H2,1H3,(H,23,24). The molecule has 3 rings (SSSR count). The molecule has 1 amide bonds. The van der Waals surface area contributed by atoms with Crippen molar-refractivity contribution >= 4 is 23.6 Å². The molecule has 1 atom stereocenters. The van der Waals surface area contributed by atoms with Gasteiger partial charge in [0.25, 0.3) is 5.91 Å². The van der Waals surface area contributed by atoms with Crippen molar-refractivity contribution < 1.29 is 19.4 Å². The number of carbonyl (C=O) groups excluding carboxylic acids is 1. The maximum absolute atomic E-state index is 13.2. The average Bonchev–Trinajstić information content (AvgIpc) is 2.87. The van der Waals surface area contributed by atoms with Crippen LogP contribution in [0.3, 0.4) is 0 Å². The summed E-state index contributed by atoms with van der Waals surface area (Å²) >= 11 is 1.22. The first-order valence-corrected chi connectivity index (χ1v) is 10.3. The molecule has 1 unspecified atom stereocenters. The first kappa shape index (κ1) is 19.2. The summed E-state index contributed by atoms with van der Waals surface area (Å²) in [5.41, 5.74) is 0.400. The Balaban J connectivity index is 1.77. The van der Waals surface area contributed by atoms with Crippen LogP contribution in [0.5, 0.6) is 0 Å². The van der Waals surface area contributed by atoms with Crippen molar-refractivity contribution in [2.45, 2.75) is 61.2 Å². The lowest BCUT2D eigenvalue weighted by molar-refractivity contribution is -0.136. The lowest BCUT2D eigenvalue weighted by Crippen LogP contribution is -2.53. The van der Waals surface area contributed by atoms with Crippen LogP contribution in [0.25, 0.3) is 0 Å². The second-order valence-corrected chi connectivity index (χ2v) is 8.65. The molecular weight excluding hydrogens is 350 g/mol. The quantitative estimate of drug-likeness (QED) is 0.808. The predicted molar refractivity (Wildman–Crippen MR) is 102 cm³/mol. The molecule has 26 heavy (non-hydrogen) atoms. The Labute approximate surface area is 159 Å². The van der Waals surface area contributed by atoms with E-state index in [4.69, 9.17) is 4.74 Å². The molecule has 1 heterocycles. The van der Waals surface area contributed by atoms with Crippen LogP contribution >= 0.6 is 11.8 Å². The van der Waals surface area contributed by atoms with Gasteiger partial charge in [-0.3, -0.25) is 9.59 Å². The van der Waals surface area contributed by atoms with E-state index in [9.17, 15) is 14.7 Å². The molecule has 1 N–H and O–H groups in total. The van der Waals surface area contributed by atoms with Gasteiger partial charge >= 0.3 is 5.97 Å². The van der Waals surface area contributed by atoms with E-state index in [1.54, 1.807) is 13.0 Å². The smallest absolute Gasteiger partial charge is 0.316 e. The Bertz CT molecular complexity index is 655. The second-order valence-electron chi connectivity index (χ2n) is 7.27. The van der Waals surface area contributed by atoms with Crippen molar-refractivity contribution in [3.05, 3.63) is 29.8 Å². The van der Waals surface area contributed by atoms with Crippen molar-refractivity contribution in [2.75, 3.05) is 19.7 Å². The molecule has 1 saturated carbocycles. The van der Waals surface area contributed by atoms with Gasteiger partial charge < -0.3 is 14.7 Å². The molecule has 1 spiro atoms. The minimum Gasteiger partial charge on any atom is -0.480 e. The van der Waals surface area contributed by atoms with Crippen LogP contribution in [0.15, 0.2) is 29.2 Å². The van der Waals surface area contributed by atoms with Crippen molar-refractivity contribution in [2.24, 2.45) is 0 Å². The summed E-state index contributed by atoms with van der Waals surface area (Å²) in [5, 5.41) is 8.59. The number of ether oxygens (including phenoxy) is 1. The van der Waals surface area contributed by atoms with Crippen LogP contribution in [-0.4, -0.2) is 52.4 Å². The van der Waals surface area contributed by atoms with Crippen molar-refractivity contribution in [1.29, 1.82) is 0 Å². The summed E-state index contributed by atoms with van der Waals surface area (Å²) in [6, 6.07) is 7.32. The number of hydrogen-bond acceptors (Lipinski definition) is 4. The van der Waals surface area contributed by atoms with Gasteiger partial charge in [-0.25, -0.2) is 0 Å². The molecule has 1 aromatic rings. The number of thioether (sulfide) groups is 1. The molecule has 142 valence electrons. The first-order chi connectivity index (χ1) is 12.5. The summed E-state index contributed by atoms with van der Waals surface area (Å²) in [6.45, 7) is 3.45. The number of amides is 1. The summed E-state index contributed by atoms with van der Waals surface area (Å²) in [7, 11) is 0. The van der Waals surface area contributed by atoms with E-state index in [2.05, 4.69) is 0 Å². The lowest BCUT2D eigenvalue weighted by Gasteiger charge is -2.42. The van der Waals surface area contributed by atoms with Gasteiger partial charge in [-0.1, -0.05) is 37.8 Å². The average molecular weight is 378 g/mol. The Kier molecular flexibility index (Phi) is 6.24. The summed E-state index contributed by atoms with van der Waals surface area (Å²) in [6.07, 6.45) is 6.83. The summed E-state index contributed by atoms with van der Waals surface area (Å²) in [4.78, 5) is 27.0. The molecule has 2 fully saturated rings. The number of aliphatic carboxylic acids is 1. The van der Waals surface area contributed by atoms with Gasteiger partial charge in [0.05, 0.1) is 24.3 Å². The van der Waals surface area contributed by atoms with E-state index in [0.717, 1.165) is 30.6 Å². The highest BCUT2D eigenvalue weighted by molar-refractivity contribution is 8.00. The molecule has 0 aromatic heterocycles. The Hall–Kier alpha value is -1.53. The summed E-state index contributed by atoms with van der Waals surface area (Å²) in [5.74, 6) is -0.890. The predicted octanol–water partition coefficient (Wildman–Crippen LogP) is 3.82. The first-order valence-electron chi connectivity index (χ1n) is 9.42. The zero-order chi connectivity index (χ0) is 18.6. The number of rotatable bonds is 4. The third kappa shape index (κ3) is 4.41. The van der Waals surface area contributed by atoms with Crippen molar-refractivity contribution in [3.8, 4) is 0 Å². The Morgan fingerprint density at radius 2 is 1.88 bits per heavy atom. The van der Waals surface area contributed by atoms with Crippen LogP contribution in [0, 0.1) is 0 Å². The molecule has 0 radical (unpaired) electrons. The van der Waals surface area contributed by atoms with Crippen LogP contribution in [0.4, 0.5) is 0 Å². The van der Waals surface area contributed by atoms with Crippen LogP contribution in [-0.2, 0) is 9.53 Å². The fourth-order valence-electron chi connectivity index (χ4n) is 3.85. The molecule has 1 saturated heterocycles. The van der Waals surface area contributed by atoms with Crippen molar-refractivity contribution in [1.82, 2.24) is 4.90 Å². The summed E-state index contributed by atoms with van der Waals surface area (Å²) < 4.78 is 6.15. The highest BCUT2D eigenvalue weighted by atomic mass is 32.2. The fraction of sp³-hybridized carbons (Fsp3) is 0.600. The fourth-order valence-corrected chi connectivity index (χ4v) is 4.77. The topological polar surface area (TPSA) is 66.8 Å². The van der Waals surface area contributed by atoms with E-state index in [-0.39, 0.29) is 11.5 Å². The molecule has 1 aliphatic heterocycles. The van der Waals surface area contributed by atoms with E-state index in [1.807, 2.05) is 23.1 Å². The molecular formula is C20H27NO4S. The van der Waals surface area contributed by atoms with Gasteiger partial charge in [0.15, 0.2) is 0 Å². The second kappa shape index (κ2) is 8.44. The largest absolute Gasteiger partial charge is 0.480 e. The highest BCUT2D eigenvalue weighted by Crippen LogP contribution is 2.35. The van der Waals surface area contributed by atoms with Gasteiger partial charge in [0.1, 0.15) is 5.25 Å². The number of carboxylic acid groups (broad SMARTS) is 1. The van der Waals surface area contributed by atoms with Gasteiger partial charge in [-0.05, 0) is 31.9 Å². The molecule has 6 heteroatoms. The van der Waals surface area contributed by atoms with E-state index >= 15 is 0 Å². The van der Waals surface area contributed by atoms with Gasteiger partial charge in [0, 0.05) is 11.4 Å². The normalized spacial score (nSPS) is 21.2. The maximum atomic E-state index is 13.2. The molecule has 1 aromatic carbocycles. The highest BCUT2D eigenvalue weighted by Gasteiger charge is 2.39. The SMILES string of the molecule is CC(Sc1ccccc1C(=O)N1CCOC2(CCCCCC2)C1)C(=O)O. The third-order valence-electron chi connectivity index (χ3n) is 5.32. The van der Waals surface area contributed by atoms with Crippen LogP contribution < -0.4 is 0 Å². The Morgan fingerprint density at radius 1 is 1.19 bits per heavy atom. The minimum atomic E-state index is -0.874. The van der Waals surface area contributed by atoms with E-state index in [1.165, 1.54) is 24.6 Å². The number of carboxylic acids is 1. The van der Waals surface area contributed by atoms with E-state index in [0.29, 0.717) is 25.3 Å². The lowest BCUT2D eigenvalue weighted by atomic mass is 9.92. The molecule has 5 nitrogen and oxygen atoms in total. The number of hydrogen-bond donors (Lipinski definition) is 1. The third-order valence-corrected chi connectivity index (χ3v) is 6.48. The molecule has 0 bridgehead atoms. The number of benzene rings is 1. The van der Waals surface area contributed by atoms with Crippen LogP contribution in [0.2, 0.25) is 0 Å². The monoisotopic (exact) mass is 377 g/mol. The zero-order valence-corrected chi connectivity index (χ0v) is 16.1. The number of morpholine rings is 1. The molecule has 1 aliphatic carbocycles.